The van der Waals surface area contributed by atoms with Crippen molar-refractivity contribution in [3.63, 3.8) is 0 Å². The van der Waals surface area contributed by atoms with E-state index in [-0.39, 0.29) is 0 Å². The Morgan fingerprint density at radius 3 is 3.00 bits per heavy atom. The number of anilines is 1. The lowest BCUT2D eigenvalue weighted by Gasteiger charge is -2.06. The number of nitrogens with one attached hydrogen (secondary N) is 1. The molecular weight excluding hydrogens is 162 g/mol. The van der Waals surface area contributed by atoms with Gasteiger partial charge in [0.2, 0.25) is 0 Å². The van der Waals surface area contributed by atoms with E-state index in [9.17, 15) is 0 Å². The molecule has 0 amide bonds. The summed E-state index contributed by atoms with van der Waals surface area (Å²) in [6.45, 7) is 2.96. The van der Waals surface area contributed by atoms with Crippen molar-refractivity contribution in [1.29, 1.82) is 0 Å². The molecule has 1 aromatic rings. The van der Waals surface area contributed by atoms with Gasteiger partial charge in [-0.05, 0) is 24.6 Å². The third-order valence-electron chi connectivity index (χ3n) is 2.39. The van der Waals surface area contributed by atoms with Gasteiger partial charge >= 0.3 is 0 Å². The first-order chi connectivity index (χ1) is 6.36. The van der Waals surface area contributed by atoms with Gasteiger partial charge in [-0.25, -0.2) is 0 Å². The van der Waals surface area contributed by atoms with E-state index < -0.39 is 0 Å². The standard InChI is InChI=1S/C11H13NO/c1-3-8-7-12-9-5-4-6-10(13-2)11(8)9/h3-6,12H,7H2,1-2H3/b8-3+. The summed E-state index contributed by atoms with van der Waals surface area (Å²) in [6.07, 6.45) is 2.13. The van der Waals surface area contributed by atoms with Gasteiger partial charge in [0.25, 0.3) is 0 Å². The molecule has 68 valence electrons. The minimum Gasteiger partial charge on any atom is -0.496 e. The van der Waals surface area contributed by atoms with Crippen LogP contribution < -0.4 is 10.1 Å². The highest BCUT2D eigenvalue weighted by Crippen LogP contribution is 2.37. The Hall–Kier alpha value is -1.44. The van der Waals surface area contributed by atoms with E-state index in [2.05, 4.69) is 24.4 Å². The monoisotopic (exact) mass is 175 g/mol. The first kappa shape index (κ1) is 8.17. The number of rotatable bonds is 1. The first-order valence-electron chi connectivity index (χ1n) is 4.43. The van der Waals surface area contributed by atoms with Crippen LogP contribution in [-0.4, -0.2) is 13.7 Å². The summed E-state index contributed by atoms with van der Waals surface area (Å²) in [6, 6.07) is 6.08. The van der Waals surface area contributed by atoms with Gasteiger partial charge < -0.3 is 10.1 Å². The number of hydrogen-bond acceptors (Lipinski definition) is 2. The second-order valence-electron chi connectivity index (χ2n) is 3.05. The van der Waals surface area contributed by atoms with Crippen molar-refractivity contribution in [3.05, 3.63) is 29.8 Å². The smallest absolute Gasteiger partial charge is 0.128 e. The molecule has 2 nitrogen and oxygen atoms in total. The van der Waals surface area contributed by atoms with Gasteiger partial charge in [0.1, 0.15) is 5.75 Å². The Morgan fingerprint density at radius 2 is 2.31 bits per heavy atom. The number of benzene rings is 1. The van der Waals surface area contributed by atoms with Crippen LogP contribution in [0.4, 0.5) is 5.69 Å². The van der Waals surface area contributed by atoms with Crippen molar-refractivity contribution in [1.82, 2.24) is 0 Å². The third kappa shape index (κ3) is 1.18. The third-order valence-corrected chi connectivity index (χ3v) is 2.39. The molecule has 0 aliphatic carbocycles. The Morgan fingerprint density at radius 1 is 1.46 bits per heavy atom. The van der Waals surface area contributed by atoms with Gasteiger partial charge in [-0.15, -0.1) is 0 Å². The maximum atomic E-state index is 5.31. The average Bonchev–Trinajstić information content (AvgIpc) is 2.60. The fraction of sp³-hybridized carbons (Fsp3) is 0.273. The molecular formula is C11H13NO. The Balaban J connectivity index is 2.59. The molecule has 1 aromatic carbocycles. The molecule has 0 fully saturated rings. The summed E-state index contributed by atoms with van der Waals surface area (Å²) in [7, 11) is 1.71. The minimum absolute atomic E-state index is 0.909. The van der Waals surface area contributed by atoms with Crippen LogP contribution in [0.25, 0.3) is 5.57 Å². The number of hydrogen-bond donors (Lipinski definition) is 1. The van der Waals surface area contributed by atoms with E-state index in [1.165, 1.54) is 16.8 Å². The number of allylic oxidation sites excluding steroid dienone is 1. The van der Waals surface area contributed by atoms with Crippen LogP contribution in [0.3, 0.4) is 0 Å². The lowest BCUT2D eigenvalue weighted by Crippen LogP contribution is -1.90. The molecule has 0 radical (unpaired) electrons. The molecule has 1 aliphatic rings. The largest absolute Gasteiger partial charge is 0.496 e. The van der Waals surface area contributed by atoms with Crippen LogP contribution in [0, 0.1) is 0 Å². The van der Waals surface area contributed by atoms with Gasteiger partial charge in [0, 0.05) is 17.8 Å². The normalized spacial score (nSPS) is 16.9. The molecule has 2 rings (SSSR count). The highest BCUT2D eigenvalue weighted by atomic mass is 16.5. The van der Waals surface area contributed by atoms with Crippen molar-refractivity contribution >= 4 is 11.3 Å². The molecule has 2 heteroatoms. The fourth-order valence-corrected chi connectivity index (χ4v) is 1.71. The SMILES string of the molecule is C/C=C1\CNc2cccc(OC)c21. The molecule has 13 heavy (non-hydrogen) atoms. The number of ether oxygens (including phenoxy) is 1. The zero-order chi connectivity index (χ0) is 9.26. The number of methoxy groups -OCH3 is 1. The Kier molecular flexibility index (Phi) is 1.97. The summed E-state index contributed by atoms with van der Waals surface area (Å²) in [5, 5.41) is 3.33. The lowest BCUT2D eigenvalue weighted by molar-refractivity contribution is 0.414. The van der Waals surface area contributed by atoms with Crippen molar-refractivity contribution in [2.75, 3.05) is 19.0 Å². The Bertz CT molecular complexity index is 355. The summed E-state index contributed by atoms with van der Waals surface area (Å²) in [5.41, 5.74) is 3.70. The second kappa shape index (κ2) is 3.13. The van der Waals surface area contributed by atoms with E-state index in [0.717, 1.165) is 12.3 Å². The van der Waals surface area contributed by atoms with Crippen molar-refractivity contribution < 1.29 is 4.74 Å². The number of fused-ring (bicyclic) bond motifs is 1. The molecule has 0 saturated carbocycles. The molecule has 0 atom stereocenters. The van der Waals surface area contributed by atoms with Gasteiger partial charge in [-0.1, -0.05) is 12.1 Å². The predicted molar refractivity (Wildman–Crippen MR) is 55.1 cm³/mol. The highest BCUT2D eigenvalue weighted by Gasteiger charge is 2.18. The maximum Gasteiger partial charge on any atom is 0.128 e. The summed E-state index contributed by atoms with van der Waals surface area (Å²) in [4.78, 5) is 0. The van der Waals surface area contributed by atoms with E-state index in [1.807, 2.05) is 12.1 Å². The molecule has 0 spiro atoms. The molecule has 1 aliphatic heterocycles. The van der Waals surface area contributed by atoms with Crippen molar-refractivity contribution in [2.45, 2.75) is 6.92 Å². The van der Waals surface area contributed by atoms with Crippen molar-refractivity contribution in [3.8, 4) is 5.75 Å². The summed E-state index contributed by atoms with van der Waals surface area (Å²) < 4.78 is 5.31. The fourth-order valence-electron chi connectivity index (χ4n) is 1.71. The van der Waals surface area contributed by atoms with Crippen LogP contribution in [0.5, 0.6) is 5.75 Å². The quantitative estimate of drug-likeness (QED) is 0.708. The zero-order valence-corrected chi connectivity index (χ0v) is 7.92. The van der Waals surface area contributed by atoms with Crippen LogP contribution in [0.15, 0.2) is 24.3 Å². The van der Waals surface area contributed by atoms with Gasteiger partial charge in [-0.3, -0.25) is 0 Å². The average molecular weight is 175 g/mol. The molecule has 0 bridgehead atoms. The van der Waals surface area contributed by atoms with Crippen LogP contribution in [-0.2, 0) is 0 Å². The molecule has 1 N–H and O–H groups in total. The highest BCUT2D eigenvalue weighted by molar-refractivity contribution is 5.87. The van der Waals surface area contributed by atoms with Crippen LogP contribution in [0.2, 0.25) is 0 Å². The van der Waals surface area contributed by atoms with E-state index in [0.29, 0.717) is 0 Å². The zero-order valence-electron chi connectivity index (χ0n) is 7.92. The minimum atomic E-state index is 0.909. The maximum absolute atomic E-state index is 5.31. The molecule has 1 heterocycles. The predicted octanol–water partition coefficient (Wildman–Crippen LogP) is 2.52. The van der Waals surface area contributed by atoms with Crippen LogP contribution in [0.1, 0.15) is 12.5 Å². The molecule has 0 unspecified atom stereocenters. The lowest BCUT2D eigenvalue weighted by atomic mass is 10.1. The van der Waals surface area contributed by atoms with E-state index in [4.69, 9.17) is 4.74 Å². The second-order valence-corrected chi connectivity index (χ2v) is 3.05. The molecule has 0 aromatic heterocycles. The van der Waals surface area contributed by atoms with E-state index in [1.54, 1.807) is 7.11 Å². The molecule has 0 saturated heterocycles. The first-order valence-corrected chi connectivity index (χ1v) is 4.43. The summed E-state index contributed by atoms with van der Waals surface area (Å²) >= 11 is 0. The van der Waals surface area contributed by atoms with Gasteiger partial charge in [-0.2, -0.15) is 0 Å². The Labute approximate surface area is 78.2 Å². The van der Waals surface area contributed by atoms with Crippen LogP contribution >= 0.6 is 0 Å². The van der Waals surface area contributed by atoms with Crippen molar-refractivity contribution in [2.24, 2.45) is 0 Å². The van der Waals surface area contributed by atoms with Gasteiger partial charge in [0.15, 0.2) is 0 Å². The van der Waals surface area contributed by atoms with Gasteiger partial charge in [0.05, 0.1) is 7.11 Å². The summed E-state index contributed by atoms with van der Waals surface area (Å²) in [5.74, 6) is 0.954. The topological polar surface area (TPSA) is 21.3 Å². The van der Waals surface area contributed by atoms with E-state index >= 15 is 0 Å².